The Labute approximate surface area is 340 Å². The number of nitrogens with zero attached hydrogens (tertiary/aromatic N) is 1. The second-order valence-corrected chi connectivity index (χ2v) is 10.5. The molecule has 12 heteroatoms. The van der Waals surface area contributed by atoms with Crippen LogP contribution in [-0.2, 0) is 28.4 Å². The monoisotopic (exact) mass is 598 g/mol. The average Bonchev–Trinajstić information content (AvgIpc) is 3.33. The zero-order valence-electron chi connectivity index (χ0n) is 21.8. The molecule has 4 rings (SSSR count). The second-order valence-electron chi connectivity index (χ2n) is 9.23. The smallest absolute Gasteiger partial charge is 0.577 e. The molecule has 0 radical (unpaired) electrons. The van der Waals surface area contributed by atoms with Crippen molar-refractivity contribution in [1.82, 2.24) is 5.16 Å². The van der Waals surface area contributed by atoms with E-state index in [-0.39, 0.29) is 177 Å². The van der Waals surface area contributed by atoms with Gasteiger partial charge in [0.2, 0.25) is 0 Å². The van der Waals surface area contributed by atoms with E-state index in [1.54, 1.807) is 0 Å². The van der Waals surface area contributed by atoms with Crippen LogP contribution in [0.5, 0.6) is 0 Å². The van der Waals surface area contributed by atoms with Gasteiger partial charge in [0.05, 0.1) is 6.61 Å². The number of hydrogen-bond acceptors (Lipinski definition) is 5. The molecule has 2 aliphatic rings. The minimum atomic E-state index is -4.50. The molecule has 0 aliphatic heterocycles. The van der Waals surface area contributed by atoms with Crippen LogP contribution in [0.1, 0.15) is 80.2 Å². The summed E-state index contributed by atoms with van der Waals surface area (Å²) in [4.78, 5) is 18.0. The molecular formula is C23H35K3N2O5P2+2. The maximum atomic E-state index is 11.0. The second kappa shape index (κ2) is 17.7. The Balaban J connectivity index is 0.00000289. The number of aromatic nitrogens is 1. The predicted molar refractivity (Wildman–Crippen MR) is 128 cm³/mol. The van der Waals surface area contributed by atoms with E-state index in [1.807, 2.05) is 0 Å². The van der Waals surface area contributed by atoms with Crippen LogP contribution < -0.4 is 160 Å². The van der Waals surface area contributed by atoms with Gasteiger partial charge in [-0.25, -0.2) is 4.57 Å². The zero-order valence-corrected chi connectivity index (χ0v) is 33.2. The largest absolute Gasteiger partial charge is 1.00 e. The standard InChI is InChI=1S/C23H33N2O5P.3K.H2P/c1-2-3-4-5-6-21-20-10-8-17-13-16(7-9-19(17)22(20)25-30-21)18-11-12-23(24,14-18)15-29-31(26,27)28;;;;/h7,9,13,18H,2-6,8,10-12,14-15,24H2,1H3,(H2,26,27,28);;;;1H2/q;3*+1;-1. The minimum absolute atomic E-state index is 0. The Bertz CT molecular complexity index is 988. The van der Waals surface area contributed by atoms with Crippen LogP contribution in [0.25, 0.3) is 11.3 Å². The van der Waals surface area contributed by atoms with E-state index in [2.05, 4.69) is 30.3 Å². The topological polar surface area (TPSA) is 119 Å². The molecule has 0 spiro atoms. The van der Waals surface area contributed by atoms with Gasteiger partial charge >= 0.3 is 162 Å². The fraction of sp³-hybridized carbons (Fsp3) is 0.609. The first-order chi connectivity index (χ1) is 14.8. The molecule has 1 saturated carbocycles. The van der Waals surface area contributed by atoms with Crippen molar-refractivity contribution in [3.05, 3.63) is 40.6 Å². The number of aryl methyl sites for hydroxylation is 2. The van der Waals surface area contributed by atoms with Gasteiger partial charge in [0, 0.05) is 23.1 Å². The molecule has 0 saturated heterocycles. The van der Waals surface area contributed by atoms with Gasteiger partial charge in [-0.05, 0) is 55.6 Å². The summed E-state index contributed by atoms with van der Waals surface area (Å²) in [5, 5.41) is 4.41. The van der Waals surface area contributed by atoms with Gasteiger partial charge in [-0.2, -0.15) is 0 Å². The van der Waals surface area contributed by atoms with Crippen LogP contribution in [0.4, 0.5) is 0 Å². The predicted octanol–water partition coefficient (Wildman–Crippen LogP) is -4.02. The molecule has 35 heavy (non-hydrogen) atoms. The van der Waals surface area contributed by atoms with E-state index >= 15 is 0 Å². The summed E-state index contributed by atoms with van der Waals surface area (Å²) in [7, 11) is -4.50. The van der Waals surface area contributed by atoms with Crippen LogP contribution >= 0.6 is 17.7 Å². The molecule has 178 valence electrons. The summed E-state index contributed by atoms with van der Waals surface area (Å²) >= 11 is 0. The molecule has 4 N–H and O–H groups in total. The number of hydrogen-bond donors (Lipinski definition) is 3. The molecule has 1 aromatic heterocycles. The Morgan fingerprint density at radius 1 is 1.20 bits per heavy atom. The van der Waals surface area contributed by atoms with Crippen molar-refractivity contribution < 1.29 is 178 Å². The van der Waals surface area contributed by atoms with E-state index in [4.69, 9.17) is 24.6 Å². The molecule has 7 nitrogen and oxygen atoms in total. The van der Waals surface area contributed by atoms with Gasteiger partial charge in [-0.15, -0.1) is 0 Å². The molecule has 2 aliphatic carbocycles. The number of phosphoric ester groups is 1. The summed E-state index contributed by atoms with van der Waals surface area (Å²) in [6.45, 7) is 2.10. The van der Waals surface area contributed by atoms with Gasteiger partial charge in [0.1, 0.15) is 11.5 Å². The van der Waals surface area contributed by atoms with E-state index < -0.39 is 13.4 Å². The van der Waals surface area contributed by atoms with Gasteiger partial charge < -0.3 is 29.9 Å². The average molecular weight is 599 g/mol. The fourth-order valence-electron chi connectivity index (χ4n) is 5.07. The van der Waals surface area contributed by atoms with Crippen molar-refractivity contribution in [3.63, 3.8) is 0 Å². The third kappa shape index (κ3) is 10.9. The molecule has 0 amide bonds. The van der Waals surface area contributed by atoms with Crippen LogP contribution in [0, 0.1) is 0 Å². The third-order valence-electron chi connectivity index (χ3n) is 6.79. The van der Waals surface area contributed by atoms with Crippen LogP contribution in [0.3, 0.4) is 0 Å². The molecule has 1 heterocycles. The number of nitrogens with two attached hydrogens (primary N) is 1. The maximum Gasteiger partial charge on any atom is 1.00 e. The van der Waals surface area contributed by atoms with Crippen molar-refractivity contribution >= 4 is 17.7 Å². The molecular weight excluding hydrogens is 564 g/mol. The Hall–Kier alpha value is 3.84. The first-order valence-corrected chi connectivity index (χ1v) is 12.9. The normalized spacial score (nSPS) is 20.4. The zero-order chi connectivity index (χ0) is 22.1. The van der Waals surface area contributed by atoms with Gasteiger partial charge in [0.15, 0.2) is 0 Å². The minimum Gasteiger partial charge on any atom is -0.577 e. The Morgan fingerprint density at radius 3 is 2.63 bits per heavy atom. The summed E-state index contributed by atoms with van der Waals surface area (Å²) in [5.41, 5.74) is 11.6. The van der Waals surface area contributed by atoms with Gasteiger partial charge in [-0.3, -0.25) is 4.52 Å². The van der Waals surface area contributed by atoms with E-state index in [9.17, 15) is 4.57 Å². The Kier molecular flexibility index (Phi) is 19.7. The van der Waals surface area contributed by atoms with E-state index in [0.717, 1.165) is 49.1 Å². The Morgan fingerprint density at radius 2 is 1.94 bits per heavy atom. The summed E-state index contributed by atoms with van der Waals surface area (Å²) in [6, 6.07) is 6.55. The van der Waals surface area contributed by atoms with Crippen LogP contribution in [0.2, 0.25) is 0 Å². The molecule has 0 bridgehead atoms. The van der Waals surface area contributed by atoms with Crippen molar-refractivity contribution in [2.45, 2.75) is 82.6 Å². The SMILES string of the molecule is CCCCCCc1onc2c1CCc1cc(C3CCC(N)(COP(=O)(O)O)C3)ccc1-2.[K+].[K+].[K+].[PH2-]. The van der Waals surface area contributed by atoms with Crippen molar-refractivity contribution in [2.75, 3.05) is 6.61 Å². The summed E-state index contributed by atoms with van der Waals surface area (Å²) in [6.07, 6.45) is 9.99. The van der Waals surface area contributed by atoms with Gasteiger partial charge in [0.25, 0.3) is 0 Å². The van der Waals surface area contributed by atoms with E-state index in [0.29, 0.717) is 12.8 Å². The fourth-order valence-corrected chi connectivity index (χ4v) is 5.50. The van der Waals surface area contributed by atoms with Crippen LogP contribution in [0.15, 0.2) is 22.7 Å². The molecule has 1 fully saturated rings. The summed E-state index contributed by atoms with van der Waals surface area (Å²) in [5.74, 6) is 1.32. The number of fused-ring (bicyclic) bond motifs is 3. The number of phosphoric acid groups is 1. The van der Waals surface area contributed by atoms with Crippen molar-refractivity contribution in [3.8, 4) is 11.3 Å². The number of benzene rings is 1. The molecule has 2 aromatic rings. The first kappa shape index (κ1) is 38.8. The van der Waals surface area contributed by atoms with Crippen LogP contribution in [-0.4, -0.2) is 27.1 Å². The van der Waals surface area contributed by atoms with Crippen molar-refractivity contribution in [2.24, 2.45) is 5.73 Å². The quantitative estimate of drug-likeness (QED) is 0.153. The van der Waals surface area contributed by atoms with E-state index in [1.165, 1.54) is 36.0 Å². The molecule has 2 unspecified atom stereocenters. The number of unbranched alkanes of at least 4 members (excludes halogenated alkanes) is 3. The van der Waals surface area contributed by atoms with Gasteiger partial charge in [-0.1, -0.05) is 49.5 Å². The molecule has 1 aromatic carbocycles. The summed E-state index contributed by atoms with van der Waals surface area (Å²) < 4.78 is 21.5. The third-order valence-corrected chi connectivity index (χ3v) is 7.26. The maximum absolute atomic E-state index is 11.0. The number of rotatable bonds is 9. The molecule has 2 atom stereocenters. The van der Waals surface area contributed by atoms with Crippen molar-refractivity contribution in [1.29, 1.82) is 0 Å². The first-order valence-electron chi connectivity index (χ1n) is 11.4.